The highest BCUT2D eigenvalue weighted by molar-refractivity contribution is 6.33. The summed E-state index contributed by atoms with van der Waals surface area (Å²) < 4.78 is 20.7. The van der Waals surface area contributed by atoms with Gasteiger partial charge in [0.1, 0.15) is 23.5 Å². The fourth-order valence-corrected chi connectivity index (χ4v) is 7.29. The quantitative estimate of drug-likeness (QED) is 0.272. The lowest BCUT2D eigenvalue weighted by atomic mass is 9.82. The van der Waals surface area contributed by atoms with Crippen LogP contribution < -0.4 is 16.0 Å². The Morgan fingerprint density at radius 1 is 1.02 bits per heavy atom. The van der Waals surface area contributed by atoms with Crippen molar-refractivity contribution in [3.8, 4) is 17.3 Å². The first kappa shape index (κ1) is 34.5. The summed E-state index contributed by atoms with van der Waals surface area (Å²) in [6, 6.07) is 11.4. The zero-order valence-electron chi connectivity index (χ0n) is 27.7. The summed E-state index contributed by atoms with van der Waals surface area (Å²) in [6.45, 7) is 3.15. The average molecular weight is 715 g/mol. The van der Waals surface area contributed by atoms with Gasteiger partial charge in [0.2, 0.25) is 11.8 Å². The van der Waals surface area contributed by atoms with E-state index in [1.807, 2.05) is 24.3 Å². The lowest BCUT2D eigenvalue weighted by molar-refractivity contribution is -0.136. The van der Waals surface area contributed by atoms with Crippen molar-refractivity contribution in [1.29, 1.82) is 5.26 Å². The summed E-state index contributed by atoms with van der Waals surface area (Å²) in [7, 11) is 0. The normalized spacial score (nSPS) is 20.9. The van der Waals surface area contributed by atoms with Gasteiger partial charge in [-0.15, -0.1) is 0 Å². The number of fused-ring (bicyclic) bond motifs is 1. The van der Waals surface area contributed by atoms with Gasteiger partial charge in [-0.1, -0.05) is 17.7 Å². The largest absolute Gasteiger partial charge is 0.381 e. The summed E-state index contributed by atoms with van der Waals surface area (Å²) in [4.78, 5) is 62.4. The Kier molecular flexibility index (Phi) is 9.69. The van der Waals surface area contributed by atoms with Crippen LogP contribution in [0.1, 0.15) is 64.8 Å². The second-order valence-corrected chi connectivity index (χ2v) is 13.9. The molecule has 6 heterocycles. The molecule has 13 nitrogen and oxygen atoms in total. The smallest absolute Gasteiger partial charge is 0.262 e. The molecule has 3 fully saturated rings. The number of amides is 4. The van der Waals surface area contributed by atoms with Gasteiger partial charge in [-0.3, -0.25) is 34.3 Å². The first-order chi connectivity index (χ1) is 24.6. The molecule has 4 aliphatic heterocycles. The zero-order valence-corrected chi connectivity index (χ0v) is 28.5. The fourth-order valence-electron chi connectivity index (χ4n) is 7.09. The Balaban J connectivity index is 0.962. The maximum atomic E-state index is 15.3. The molecule has 0 radical (unpaired) electrons. The summed E-state index contributed by atoms with van der Waals surface area (Å²) >= 11 is 6.57. The van der Waals surface area contributed by atoms with E-state index < -0.39 is 40.9 Å². The minimum absolute atomic E-state index is 0.00868. The highest BCUT2D eigenvalue weighted by Gasteiger charge is 2.45. The highest BCUT2D eigenvalue weighted by Crippen LogP contribution is 2.33. The number of carbonyl (C=O) groups excluding carboxylic acids is 4. The topological polar surface area (TPSA) is 170 Å². The van der Waals surface area contributed by atoms with E-state index in [9.17, 15) is 24.4 Å². The molecule has 4 aliphatic rings. The van der Waals surface area contributed by atoms with Gasteiger partial charge in [0.05, 0.1) is 33.3 Å². The zero-order chi connectivity index (χ0) is 35.7. The minimum Gasteiger partial charge on any atom is -0.381 e. The Morgan fingerprint density at radius 2 is 1.76 bits per heavy atom. The van der Waals surface area contributed by atoms with Crippen LogP contribution in [0.15, 0.2) is 42.6 Å². The Labute approximate surface area is 298 Å². The lowest BCUT2D eigenvalue weighted by Crippen LogP contribution is -2.54. The number of aromatic nitrogens is 2. The third kappa shape index (κ3) is 7.14. The van der Waals surface area contributed by atoms with Crippen LogP contribution in [0.5, 0.6) is 0 Å². The molecule has 4 amide bonds. The SMILES string of the molecule is N#CC1(CNc2cccc(-c3cc(NC4CCN(Cc5cc6c(cc5F)C(=O)N(C5CCC(=O)NC5=O)C6=O)CC4)ncc3Cl)n2)CCOCC1. The number of nitrogens with zero attached hydrogens (tertiary/aromatic N) is 5. The number of hydrogen-bond acceptors (Lipinski definition) is 11. The molecule has 51 heavy (non-hydrogen) atoms. The number of halogens is 2. The number of anilines is 2. The molecular weight excluding hydrogens is 679 g/mol. The molecular formula is C36H36ClFN8O5. The Morgan fingerprint density at radius 3 is 2.49 bits per heavy atom. The van der Waals surface area contributed by atoms with E-state index in [1.165, 1.54) is 6.07 Å². The number of nitrogens with one attached hydrogen (secondary N) is 3. The van der Waals surface area contributed by atoms with Crippen LogP contribution in [0, 0.1) is 22.6 Å². The first-order valence-corrected chi connectivity index (χ1v) is 17.4. The molecule has 264 valence electrons. The van der Waals surface area contributed by atoms with Gasteiger partial charge in [-0.05, 0) is 62.4 Å². The second kappa shape index (κ2) is 14.3. The third-order valence-corrected chi connectivity index (χ3v) is 10.4. The van der Waals surface area contributed by atoms with Crippen LogP contribution >= 0.6 is 11.6 Å². The number of imide groups is 2. The number of rotatable bonds is 9. The standard InChI is InChI=1S/C36H36ClFN8O5/c37-26-17-40-31(16-25(26)28-2-1-3-30(43-28)41-20-36(19-39)8-12-51-13-9-36)42-22-6-10-45(11-7-22)18-21-14-23-24(15-27(21)38)35(50)46(34(23)49)29-4-5-32(47)44-33(29)48/h1-3,14-17,22,29H,4-13,18,20H2,(H,40,42)(H,41,43)(H,44,47,48). The third-order valence-electron chi connectivity index (χ3n) is 10.1. The van der Waals surface area contributed by atoms with Crippen LogP contribution in [0.25, 0.3) is 11.3 Å². The number of piperidine rings is 2. The number of carbonyl (C=O) groups is 4. The fraction of sp³-hybridized carbons (Fsp3) is 0.417. The van der Waals surface area contributed by atoms with Crippen molar-refractivity contribution in [2.24, 2.45) is 5.41 Å². The maximum absolute atomic E-state index is 15.3. The van der Waals surface area contributed by atoms with Gasteiger partial charge in [0, 0.05) is 69.2 Å². The van der Waals surface area contributed by atoms with Crippen molar-refractivity contribution in [2.75, 3.05) is 43.5 Å². The predicted octanol–water partition coefficient (Wildman–Crippen LogP) is 4.15. The van der Waals surface area contributed by atoms with Crippen molar-refractivity contribution >= 4 is 46.9 Å². The lowest BCUT2D eigenvalue weighted by Gasteiger charge is -2.32. The Hall–Kier alpha value is -4.97. The first-order valence-electron chi connectivity index (χ1n) is 17.0. The molecule has 1 unspecified atom stereocenters. The summed E-state index contributed by atoms with van der Waals surface area (Å²) in [6.07, 6.45) is 4.46. The maximum Gasteiger partial charge on any atom is 0.262 e. The number of hydrogen-bond donors (Lipinski definition) is 3. The molecule has 3 aromatic rings. The van der Waals surface area contributed by atoms with E-state index in [-0.39, 0.29) is 42.1 Å². The van der Waals surface area contributed by atoms with E-state index in [4.69, 9.17) is 21.3 Å². The predicted molar refractivity (Wildman–Crippen MR) is 184 cm³/mol. The monoisotopic (exact) mass is 714 g/mol. The molecule has 1 atom stereocenters. The van der Waals surface area contributed by atoms with Crippen molar-refractivity contribution in [2.45, 2.75) is 57.2 Å². The van der Waals surface area contributed by atoms with Gasteiger partial charge in [0.25, 0.3) is 11.8 Å². The average Bonchev–Trinajstić information content (AvgIpc) is 3.37. The van der Waals surface area contributed by atoms with Crippen molar-refractivity contribution in [1.82, 2.24) is 25.1 Å². The van der Waals surface area contributed by atoms with E-state index in [0.29, 0.717) is 73.6 Å². The molecule has 0 spiro atoms. The van der Waals surface area contributed by atoms with Gasteiger partial charge >= 0.3 is 0 Å². The summed E-state index contributed by atoms with van der Waals surface area (Å²) in [5.41, 5.74) is 1.16. The second-order valence-electron chi connectivity index (χ2n) is 13.4. The van der Waals surface area contributed by atoms with Gasteiger partial charge in [-0.25, -0.2) is 14.4 Å². The van der Waals surface area contributed by atoms with E-state index in [0.717, 1.165) is 23.8 Å². The van der Waals surface area contributed by atoms with Crippen LogP contribution in [-0.2, 0) is 20.9 Å². The molecule has 2 aromatic heterocycles. The molecule has 3 N–H and O–H groups in total. The number of nitriles is 1. The minimum atomic E-state index is -1.11. The summed E-state index contributed by atoms with van der Waals surface area (Å²) in [5, 5.41) is 19.2. The molecule has 1 aromatic carbocycles. The van der Waals surface area contributed by atoms with Crippen molar-refractivity contribution < 1.29 is 28.3 Å². The number of likely N-dealkylation sites (tertiary alicyclic amines) is 1. The van der Waals surface area contributed by atoms with Crippen LogP contribution in [0.2, 0.25) is 5.02 Å². The van der Waals surface area contributed by atoms with E-state index >= 15 is 4.39 Å². The number of benzene rings is 1. The van der Waals surface area contributed by atoms with Gasteiger partial charge in [-0.2, -0.15) is 5.26 Å². The Bertz CT molecular complexity index is 1940. The van der Waals surface area contributed by atoms with Gasteiger partial charge in [0.15, 0.2) is 0 Å². The molecule has 0 bridgehead atoms. The molecule has 3 saturated heterocycles. The summed E-state index contributed by atoms with van der Waals surface area (Å²) in [5.74, 6) is -1.88. The van der Waals surface area contributed by atoms with Gasteiger partial charge < -0.3 is 15.4 Å². The molecule has 7 rings (SSSR count). The number of pyridine rings is 2. The van der Waals surface area contributed by atoms with Crippen LogP contribution in [0.4, 0.5) is 16.0 Å². The molecule has 15 heteroatoms. The highest BCUT2D eigenvalue weighted by atomic mass is 35.5. The van der Waals surface area contributed by atoms with Crippen molar-refractivity contribution in [3.05, 3.63) is 70.1 Å². The molecule has 0 saturated carbocycles. The van der Waals surface area contributed by atoms with Crippen LogP contribution in [-0.4, -0.2) is 88.3 Å². The van der Waals surface area contributed by atoms with E-state index in [1.54, 1.807) is 6.20 Å². The van der Waals surface area contributed by atoms with E-state index in [2.05, 4.69) is 31.9 Å². The molecule has 0 aliphatic carbocycles. The van der Waals surface area contributed by atoms with Crippen LogP contribution in [0.3, 0.4) is 0 Å². The van der Waals surface area contributed by atoms with Crippen molar-refractivity contribution in [3.63, 3.8) is 0 Å². The number of ether oxygens (including phenoxy) is 1.